The molecule has 0 saturated heterocycles. The van der Waals surface area contributed by atoms with Gasteiger partial charge in [0.1, 0.15) is 11.9 Å². The number of nitrogens with zero attached hydrogens (tertiary/aromatic N) is 1. The Kier molecular flexibility index (Phi) is 7.88. The molecule has 0 fully saturated rings. The number of halogens is 1. The highest BCUT2D eigenvalue weighted by atomic mass is 19.1. The average Bonchev–Trinajstić information content (AvgIpc) is 2.89. The second-order valence-electron chi connectivity index (χ2n) is 8.73. The second kappa shape index (κ2) is 11.2. The summed E-state index contributed by atoms with van der Waals surface area (Å²) in [6.45, 7) is 3.41. The number of hydrogen-bond acceptors (Lipinski definition) is 5. The van der Waals surface area contributed by atoms with Crippen molar-refractivity contribution in [1.82, 2.24) is 0 Å². The van der Waals surface area contributed by atoms with Crippen LogP contribution in [-0.4, -0.2) is 37.0 Å². The Bertz CT molecular complexity index is 1150. The van der Waals surface area contributed by atoms with E-state index in [0.29, 0.717) is 23.5 Å². The van der Waals surface area contributed by atoms with Gasteiger partial charge in [-0.2, -0.15) is 0 Å². The summed E-state index contributed by atoms with van der Waals surface area (Å²) < 4.78 is 32.5. The molecule has 0 N–H and O–H groups in total. The third-order valence-electron chi connectivity index (χ3n) is 6.37. The van der Waals surface area contributed by atoms with Crippen LogP contribution in [0.4, 0.5) is 20.6 Å². The number of amides is 1. The molecule has 2 unspecified atom stereocenters. The van der Waals surface area contributed by atoms with E-state index in [4.69, 9.17) is 14.2 Å². The predicted molar refractivity (Wildman–Crippen MR) is 135 cm³/mol. The van der Waals surface area contributed by atoms with Crippen molar-refractivity contribution in [2.75, 3.05) is 18.1 Å². The normalized spacial score (nSPS) is 17.4. The molecule has 6 nitrogen and oxygen atoms in total. The Morgan fingerprint density at radius 2 is 1.61 bits per heavy atom. The highest BCUT2D eigenvalue weighted by Gasteiger charge is 2.43. The van der Waals surface area contributed by atoms with Gasteiger partial charge in [-0.1, -0.05) is 48.5 Å². The standard InChI is InChI=1S/C29H30FNO5/c1-3-34-27(32)20-35-26-16-10-11-22-19-29(30,18-17-25(22)26)21(2)36-28(33)31(23-12-6-4-7-13-23)24-14-8-5-9-15-24/h4-16,21H,3,17-20H2,1-2H3. The monoisotopic (exact) mass is 491 g/mol. The molecule has 3 aromatic rings. The van der Waals surface area contributed by atoms with Crippen LogP contribution in [0.2, 0.25) is 0 Å². The van der Waals surface area contributed by atoms with Crippen LogP contribution >= 0.6 is 0 Å². The van der Waals surface area contributed by atoms with E-state index in [9.17, 15) is 9.59 Å². The van der Waals surface area contributed by atoms with Crippen molar-refractivity contribution >= 4 is 23.4 Å². The fourth-order valence-electron chi connectivity index (χ4n) is 4.44. The highest BCUT2D eigenvalue weighted by Crippen LogP contribution is 2.39. The summed E-state index contributed by atoms with van der Waals surface area (Å²) in [5, 5.41) is 0. The van der Waals surface area contributed by atoms with E-state index in [2.05, 4.69) is 0 Å². The number of para-hydroxylation sites is 2. The van der Waals surface area contributed by atoms with Gasteiger partial charge in [-0.3, -0.25) is 0 Å². The molecule has 1 aliphatic carbocycles. The average molecular weight is 492 g/mol. The number of alkyl halides is 1. The van der Waals surface area contributed by atoms with Crippen LogP contribution in [0.15, 0.2) is 78.9 Å². The molecule has 3 aromatic carbocycles. The van der Waals surface area contributed by atoms with Gasteiger partial charge in [0, 0.05) is 6.42 Å². The lowest BCUT2D eigenvalue weighted by Gasteiger charge is -2.36. The van der Waals surface area contributed by atoms with Crippen LogP contribution in [0, 0.1) is 0 Å². The topological polar surface area (TPSA) is 65.1 Å². The van der Waals surface area contributed by atoms with Gasteiger partial charge in [0.05, 0.1) is 18.0 Å². The second-order valence-corrected chi connectivity index (χ2v) is 8.73. The van der Waals surface area contributed by atoms with Gasteiger partial charge in [-0.25, -0.2) is 18.9 Å². The van der Waals surface area contributed by atoms with Crippen molar-refractivity contribution < 1.29 is 28.2 Å². The summed E-state index contributed by atoms with van der Waals surface area (Å²) in [5.41, 5.74) is 1.15. The van der Waals surface area contributed by atoms with Crippen molar-refractivity contribution in [1.29, 1.82) is 0 Å². The van der Waals surface area contributed by atoms with E-state index in [0.717, 1.165) is 11.1 Å². The summed E-state index contributed by atoms with van der Waals surface area (Å²) >= 11 is 0. The lowest BCUT2D eigenvalue weighted by Crippen LogP contribution is -2.45. The van der Waals surface area contributed by atoms with E-state index in [1.54, 1.807) is 50.2 Å². The summed E-state index contributed by atoms with van der Waals surface area (Å²) in [4.78, 5) is 26.4. The smallest absolute Gasteiger partial charge is 0.419 e. The summed E-state index contributed by atoms with van der Waals surface area (Å²) in [6, 6.07) is 23.7. The largest absolute Gasteiger partial charge is 0.482 e. The molecule has 4 rings (SSSR count). The Labute approximate surface area is 210 Å². The van der Waals surface area contributed by atoms with E-state index in [1.165, 1.54) is 4.90 Å². The molecule has 0 aromatic heterocycles. The number of anilines is 2. The van der Waals surface area contributed by atoms with Crippen molar-refractivity contribution in [3.05, 3.63) is 90.0 Å². The molecule has 2 atom stereocenters. The van der Waals surface area contributed by atoms with Gasteiger partial charge in [0.15, 0.2) is 12.3 Å². The molecule has 1 aliphatic rings. The highest BCUT2D eigenvalue weighted by molar-refractivity contribution is 5.96. The molecule has 7 heteroatoms. The molecule has 1 amide bonds. The van der Waals surface area contributed by atoms with Gasteiger partial charge in [0.2, 0.25) is 0 Å². The SMILES string of the molecule is CCOC(=O)COc1cccc2c1CCC(F)(C(C)OC(=O)N(c1ccccc1)c1ccccc1)C2. The summed E-state index contributed by atoms with van der Waals surface area (Å²) in [7, 11) is 0. The Morgan fingerprint density at radius 1 is 0.972 bits per heavy atom. The maximum atomic E-state index is 16.2. The number of esters is 1. The molecule has 0 radical (unpaired) electrons. The number of rotatable bonds is 8. The molecular formula is C29H30FNO5. The number of carbonyl (C=O) groups is 2. The quantitative estimate of drug-likeness (QED) is 0.352. The van der Waals surface area contributed by atoms with Crippen molar-refractivity contribution in [2.24, 2.45) is 0 Å². The fraction of sp³-hybridized carbons (Fsp3) is 0.310. The first-order chi connectivity index (χ1) is 17.4. The van der Waals surface area contributed by atoms with Crippen molar-refractivity contribution in [3.8, 4) is 5.75 Å². The fourth-order valence-corrected chi connectivity index (χ4v) is 4.44. The first kappa shape index (κ1) is 25.2. The van der Waals surface area contributed by atoms with Crippen LogP contribution < -0.4 is 9.64 Å². The third kappa shape index (κ3) is 5.67. The number of fused-ring (bicyclic) bond motifs is 1. The first-order valence-corrected chi connectivity index (χ1v) is 12.1. The zero-order valence-electron chi connectivity index (χ0n) is 20.5. The van der Waals surface area contributed by atoms with Gasteiger partial charge in [-0.05, 0) is 68.1 Å². The van der Waals surface area contributed by atoms with Crippen molar-refractivity contribution in [2.45, 2.75) is 44.9 Å². The Balaban J connectivity index is 1.49. The van der Waals surface area contributed by atoms with Crippen LogP contribution in [-0.2, 0) is 27.1 Å². The first-order valence-electron chi connectivity index (χ1n) is 12.1. The molecule has 36 heavy (non-hydrogen) atoms. The summed E-state index contributed by atoms with van der Waals surface area (Å²) in [5.74, 6) is 0.0965. The minimum Gasteiger partial charge on any atom is -0.482 e. The molecule has 188 valence electrons. The third-order valence-corrected chi connectivity index (χ3v) is 6.37. The molecule has 0 heterocycles. The molecule has 0 spiro atoms. The predicted octanol–water partition coefficient (Wildman–Crippen LogP) is 6.19. The van der Waals surface area contributed by atoms with E-state index >= 15 is 4.39 Å². The number of hydrogen-bond donors (Lipinski definition) is 0. The lowest BCUT2D eigenvalue weighted by atomic mass is 9.78. The minimum atomic E-state index is -1.75. The minimum absolute atomic E-state index is 0.0735. The van der Waals surface area contributed by atoms with Gasteiger partial charge < -0.3 is 14.2 Å². The van der Waals surface area contributed by atoms with Gasteiger partial charge in [0.25, 0.3) is 0 Å². The number of ether oxygens (including phenoxy) is 3. The van der Waals surface area contributed by atoms with Crippen LogP contribution in [0.5, 0.6) is 5.75 Å². The van der Waals surface area contributed by atoms with E-state index < -0.39 is 23.8 Å². The molecule has 0 saturated carbocycles. The lowest BCUT2D eigenvalue weighted by molar-refractivity contribution is -0.145. The molecule has 0 aliphatic heterocycles. The van der Waals surface area contributed by atoms with Gasteiger partial charge >= 0.3 is 12.1 Å². The molecular weight excluding hydrogens is 461 g/mol. The van der Waals surface area contributed by atoms with Crippen LogP contribution in [0.25, 0.3) is 0 Å². The summed E-state index contributed by atoms with van der Waals surface area (Å²) in [6.07, 6.45) is -1.01. The zero-order valence-corrected chi connectivity index (χ0v) is 20.5. The van der Waals surface area contributed by atoms with E-state index in [1.807, 2.05) is 42.5 Å². The number of carbonyl (C=O) groups excluding carboxylic acids is 2. The van der Waals surface area contributed by atoms with Crippen LogP contribution in [0.3, 0.4) is 0 Å². The molecule has 0 bridgehead atoms. The maximum Gasteiger partial charge on any atom is 0.419 e. The maximum absolute atomic E-state index is 16.2. The van der Waals surface area contributed by atoms with Crippen molar-refractivity contribution in [3.63, 3.8) is 0 Å². The Hall–Kier alpha value is -3.87. The van der Waals surface area contributed by atoms with Crippen LogP contribution in [0.1, 0.15) is 31.4 Å². The zero-order chi connectivity index (χ0) is 25.5. The Morgan fingerprint density at radius 3 is 2.22 bits per heavy atom. The van der Waals surface area contributed by atoms with Gasteiger partial charge in [-0.15, -0.1) is 0 Å². The van der Waals surface area contributed by atoms with E-state index in [-0.39, 0.29) is 26.1 Å². The number of benzene rings is 3.